The maximum absolute atomic E-state index is 12.8. The normalized spacial score (nSPS) is 11.9. The summed E-state index contributed by atoms with van der Waals surface area (Å²) in [5, 5.41) is 21.4. The molecule has 0 aromatic heterocycles. The molecule has 2 aromatic rings. The number of amides is 1. The summed E-state index contributed by atoms with van der Waals surface area (Å²) in [6, 6.07) is 9.13. The third-order valence-corrected chi connectivity index (χ3v) is 2.88. The Morgan fingerprint density at radius 2 is 1.65 bits per heavy atom. The maximum atomic E-state index is 12.8. The van der Waals surface area contributed by atoms with Crippen LogP contribution in [-0.2, 0) is 0 Å². The van der Waals surface area contributed by atoms with Gasteiger partial charge in [-0.05, 0) is 36.8 Å². The lowest BCUT2D eigenvalue weighted by atomic mass is 10.1. The lowest BCUT2D eigenvalue weighted by molar-refractivity contribution is 0.0939. The SMILES string of the molecule is CC(NC(=O)c1cc(O)cc(O)c1)c1ccc(F)cc1. The van der Waals surface area contributed by atoms with Gasteiger partial charge >= 0.3 is 0 Å². The Labute approximate surface area is 115 Å². The topological polar surface area (TPSA) is 69.6 Å². The van der Waals surface area contributed by atoms with Crippen LogP contribution in [0, 0.1) is 5.82 Å². The number of aromatic hydroxyl groups is 2. The molecule has 0 aliphatic carbocycles. The molecule has 20 heavy (non-hydrogen) atoms. The van der Waals surface area contributed by atoms with E-state index in [4.69, 9.17) is 0 Å². The van der Waals surface area contributed by atoms with Gasteiger partial charge in [0.15, 0.2) is 0 Å². The Balaban J connectivity index is 2.12. The number of carbonyl (C=O) groups is 1. The summed E-state index contributed by atoms with van der Waals surface area (Å²) in [5.41, 5.74) is 0.903. The minimum atomic E-state index is -0.437. The van der Waals surface area contributed by atoms with Gasteiger partial charge in [0.1, 0.15) is 17.3 Å². The minimum absolute atomic E-state index is 0.150. The predicted octanol–water partition coefficient (Wildman–Crippen LogP) is 2.73. The van der Waals surface area contributed by atoms with Crippen molar-refractivity contribution in [3.05, 3.63) is 59.4 Å². The van der Waals surface area contributed by atoms with Gasteiger partial charge in [-0.2, -0.15) is 0 Å². The number of hydrogen-bond acceptors (Lipinski definition) is 3. The fourth-order valence-electron chi connectivity index (χ4n) is 1.84. The molecular formula is C15H14FNO3. The molecule has 1 amide bonds. The Bertz CT molecular complexity index is 605. The van der Waals surface area contributed by atoms with E-state index in [0.717, 1.165) is 11.6 Å². The smallest absolute Gasteiger partial charge is 0.252 e. The maximum Gasteiger partial charge on any atom is 0.252 e. The van der Waals surface area contributed by atoms with E-state index in [2.05, 4.69) is 5.32 Å². The van der Waals surface area contributed by atoms with Crippen LogP contribution < -0.4 is 5.32 Å². The zero-order valence-corrected chi connectivity index (χ0v) is 10.8. The highest BCUT2D eigenvalue weighted by atomic mass is 19.1. The van der Waals surface area contributed by atoms with Crippen molar-refractivity contribution in [2.45, 2.75) is 13.0 Å². The third kappa shape index (κ3) is 3.26. The van der Waals surface area contributed by atoms with Crippen molar-refractivity contribution < 1.29 is 19.4 Å². The molecule has 104 valence electrons. The van der Waals surface area contributed by atoms with Crippen LogP contribution in [0.5, 0.6) is 11.5 Å². The molecule has 0 aliphatic heterocycles. The third-order valence-electron chi connectivity index (χ3n) is 2.88. The first-order valence-electron chi connectivity index (χ1n) is 6.05. The lowest BCUT2D eigenvalue weighted by Crippen LogP contribution is -2.26. The highest BCUT2D eigenvalue weighted by Gasteiger charge is 2.13. The molecule has 0 saturated carbocycles. The molecule has 0 saturated heterocycles. The summed E-state index contributed by atoms with van der Waals surface area (Å²) in [6.07, 6.45) is 0. The van der Waals surface area contributed by atoms with Gasteiger partial charge in [0.05, 0.1) is 6.04 Å². The van der Waals surface area contributed by atoms with Crippen LogP contribution >= 0.6 is 0 Å². The van der Waals surface area contributed by atoms with Gasteiger partial charge in [0.25, 0.3) is 5.91 Å². The number of halogens is 1. The van der Waals surface area contributed by atoms with E-state index in [1.54, 1.807) is 19.1 Å². The number of hydrogen-bond donors (Lipinski definition) is 3. The van der Waals surface area contributed by atoms with Crippen molar-refractivity contribution in [1.29, 1.82) is 0 Å². The molecule has 0 aliphatic rings. The van der Waals surface area contributed by atoms with E-state index in [0.29, 0.717) is 0 Å². The van der Waals surface area contributed by atoms with Gasteiger partial charge in [-0.25, -0.2) is 4.39 Å². The summed E-state index contributed by atoms with van der Waals surface area (Å²) >= 11 is 0. The first-order valence-corrected chi connectivity index (χ1v) is 6.05. The van der Waals surface area contributed by atoms with Crippen LogP contribution in [0.4, 0.5) is 4.39 Å². The predicted molar refractivity (Wildman–Crippen MR) is 72.1 cm³/mol. The zero-order chi connectivity index (χ0) is 14.7. The highest BCUT2D eigenvalue weighted by molar-refractivity contribution is 5.95. The number of phenolic OH excluding ortho intramolecular Hbond substituents is 2. The van der Waals surface area contributed by atoms with Crippen molar-refractivity contribution >= 4 is 5.91 Å². The van der Waals surface area contributed by atoms with Gasteiger partial charge in [0.2, 0.25) is 0 Å². The van der Waals surface area contributed by atoms with Crippen molar-refractivity contribution in [3.63, 3.8) is 0 Å². The summed E-state index contributed by atoms with van der Waals surface area (Å²) in [7, 11) is 0. The Hall–Kier alpha value is -2.56. The fourth-order valence-corrected chi connectivity index (χ4v) is 1.84. The average molecular weight is 275 g/mol. The van der Waals surface area contributed by atoms with Crippen LogP contribution in [0.25, 0.3) is 0 Å². The lowest BCUT2D eigenvalue weighted by Gasteiger charge is -2.14. The van der Waals surface area contributed by atoms with E-state index in [1.165, 1.54) is 24.3 Å². The van der Waals surface area contributed by atoms with Crippen molar-refractivity contribution in [2.75, 3.05) is 0 Å². The molecule has 2 aromatic carbocycles. The Morgan fingerprint density at radius 1 is 1.10 bits per heavy atom. The van der Waals surface area contributed by atoms with Crippen molar-refractivity contribution in [3.8, 4) is 11.5 Å². The highest BCUT2D eigenvalue weighted by Crippen LogP contribution is 2.21. The molecule has 0 bridgehead atoms. The molecule has 0 heterocycles. The van der Waals surface area contributed by atoms with Crippen LogP contribution in [0.3, 0.4) is 0 Å². The van der Waals surface area contributed by atoms with Gasteiger partial charge in [0, 0.05) is 11.6 Å². The van der Waals surface area contributed by atoms with Gasteiger partial charge in [-0.3, -0.25) is 4.79 Å². The summed E-state index contributed by atoms with van der Waals surface area (Å²) < 4.78 is 12.8. The quantitative estimate of drug-likeness (QED) is 0.806. The molecular weight excluding hydrogens is 261 g/mol. The number of rotatable bonds is 3. The monoisotopic (exact) mass is 275 g/mol. The number of benzene rings is 2. The van der Waals surface area contributed by atoms with Crippen molar-refractivity contribution in [1.82, 2.24) is 5.32 Å². The summed E-state index contributed by atoms with van der Waals surface area (Å²) in [5.74, 6) is -1.16. The first-order chi connectivity index (χ1) is 9.45. The summed E-state index contributed by atoms with van der Waals surface area (Å²) in [4.78, 5) is 12.0. The fraction of sp³-hybridized carbons (Fsp3) is 0.133. The number of nitrogens with one attached hydrogen (secondary N) is 1. The van der Waals surface area contributed by atoms with E-state index in [9.17, 15) is 19.4 Å². The average Bonchev–Trinajstić information content (AvgIpc) is 2.38. The molecule has 0 fully saturated rings. The standard InChI is InChI=1S/C15H14FNO3/c1-9(10-2-4-12(16)5-3-10)17-15(20)11-6-13(18)8-14(19)7-11/h2-9,18-19H,1H3,(H,17,20). The van der Waals surface area contributed by atoms with Gasteiger partial charge in [-0.1, -0.05) is 12.1 Å². The first kappa shape index (κ1) is 13.9. The second-order valence-corrected chi connectivity index (χ2v) is 4.48. The molecule has 0 spiro atoms. The molecule has 2 rings (SSSR count). The molecule has 1 unspecified atom stereocenters. The van der Waals surface area contributed by atoms with Crippen LogP contribution in [0.2, 0.25) is 0 Å². The largest absolute Gasteiger partial charge is 0.508 e. The van der Waals surface area contributed by atoms with Crippen LogP contribution in [0.15, 0.2) is 42.5 Å². The van der Waals surface area contributed by atoms with E-state index < -0.39 is 5.91 Å². The molecule has 5 heteroatoms. The second kappa shape index (κ2) is 5.61. The molecule has 0 radical (unpaired) electrons. The molecule has 4 nitrogen and oxygen atoms in total. The molecule has 3 N–H and O–H groups in total. The Morgan fingerprint density at radius 3 is 2.20 bits per heavy atom. The van der Waals surface area contributed by atoms with Crippen molar-refractivity contribution in [2.24, 2.45) is 0 Å². The van der Waals surface area contributed by atoms with Gasteiger partial charge in [-0.15, -0.1) is 0 Å². The van der Waals surface area contributed by atoms with E-state index in [1.807, 2.05) is 0 Å². The summed E-state index contributed by atoms with van der Waals surface area (Å²) in [6.45, 7) is 1.76. The minimum Gasteiger partial charge on any atom is -0.508 e. The number of phenols is 2. The van der Waals surface area contributed by atoms with Crippen LogP contribution in [0.1, 0.15) is 28.9 Å². The molecule has 1 atom stereocenters. The van der Waals surface area contributed by atoms with E-state index >= 15 is 0 Å². The number of carbonyl (C=O) groups excluding carboxylic acids is 1. The zero-order valence-electron chi connectivity index (χ0n) is 10.8. The van der Waals surface area contributed by atoms with Gasteiger partial charge < -0.3 is 15.5 Å². The van der Waals surface area contributed by atoms with E-state index in [-0.39, 0.29) is 28.9 Å². The second-order valence-electron chi connectivity index (χ2n) is 4.48. The Kier molecular flexibility index (Phi) is 3.89. The van der Waals surface area contributed by atoms with Crippen LogP contribution in [-0.4, -0.2) is 16.1 Å².